The van der Waals surface area contributed by atoms with Gasteiger partial charge in [0.2, 0.25) is 5.82 Å². The van der Waals surface area contributed by atoms with E-state index in [-0.39, 0.29) is 12.3 Å². The normalized spacial score (nSPS) is 12.0. The minimum atomic E-state index is -1.02. The quantitative estimate of drug-likeness (QED) is 0.915. The third kappa shape index (κ3) is 3.05. The first kappa shape index (κ1) is 14.3. The van der Waals surface area contributed by atoms with Gasteiger partial charge in [0.25, 0.3) is 0 Å². The lowest BCUT2D eigenvalue weighted by Crippen LogP contribution is -2.19. The van der Waals surface area contributed by atoms with Crippen molar-refractivity contribution in [2.24, 2.45) is 5.73 Å². The van der Waals surface area contributed by atoms with Gasteiger partial charge >= 0.3 is 0 Å². The molecule has 1 unspecified atom stereocenters. The van der Waals surface area contributed by atoms with Crippen molar-refractivity contribution in [3.8, 4) is 11.5 Å². The third-order valence-corrected chi connectivity index (χ3v) is 2.87. The van der Waals surface area contributed by atoms with Gasteiger partial charge in [0.1, 0.15) is 11.9 Å². The molecule has 0 spiro atoms. The smallest absolute Gasteiger partial charge is 0.200 e. The van der Waals surface area contributed by atoms with Crippen LogP contribution in [0.3, 0.4) is 0 Å². The Morgan fingerprint density at radius 2 is 1.90 bits per heavy atom. The molecule has 0 aliphatic rings. The number of methoxy groups -OCH3 is 1. The van der Waals surface area contributed by atoms with Crippen molar-refractivity contribution in [3.63, 3.8) is 0 Å². The van der Waals surface area contributed by atoms with Crippen molar-refractivity contribution in [2.75, 3.05) is 13.7 Å². The zero-order valence-electron chi connectivity index (χ0n) is 11.0. The van der Waals surface area contributed by atoms with Gasteiger partial charge in [-0.1, -0.05) is 18.2 Å². The molecule has 5 heteroatoms. The molecule has 3 nitrogen and oxygen atoms in total. The van der Waals surface area contributed by atoms with Crippen LogP contribution in [0.15, 0.2) is 42.5 Å². The standard InChI is InChI=1S/C15H15F2NO2/c1-19-11-5-2-4-10(8-11)14(9-18)20-13-7-3-6-12(16)15(13)17/h2-8,14H,9,18H2,1H3. The van der Waals surface area contributed by atoms with Crippen molar-refractivity contribution in [2.45, 2.75) is 6.10 Å². The minimum absolute atomic E-state index is 0.128. The second kappa shape index (κ2) is 6.34. The molecule has 106 valence electrons. The number of hydrogen-bond donors (Lipinski definition) is 1. The summed E-state index contributed by atoms with van der Waals surface area (Å²) < 4.78 is 37.3. The third-order valence-electron chi connectivity index (χ3n) is 2.87. The Morgan fingerprint density at radius 1 is 1.15 bits per heavy atom. The maximum absolute atomic E-state index is 13.6. The van der Waals surface area contributed by atoms with Gasteiger partial charge in [-0.2, -0.15) is 4.39 Å². The highest BCUT2D eigenvalue weighted by Crippen LogP contribution is 2.27. The molecule has 0 saturated carbocycles. The molecule has 0 bridgehead atoms. The lowest BCUT2D eigenvalue weighted by atomic mass is 10.1. The highest BCUT2D eigenvalue weighted by molar-refractivity contribution is 5.32. The first-order valence-corrected chi connectivity index (χ1v) is 6.10. The van der Waals surface area contributed by atoms with Crippen LogP contribution in [0, 0.1) is 11.6 Å². The van der Waals surface area contributed by atoms with Crippen LogP contribution in [-0.4, -0.2) is 13.7 Å². The summed E-state index contributed by atoms with van der Waals surface area (Å²) in [6.45, 7) is 0.128. The van der Waals surface area contributed by atoms with Crippen molar-refractivity contribution < 1.29 is 18.3 Å². The Morgan fingerprint density at radius 3 is 2.60 bits per heavy atom. The van der Waals surface area contributed by atoms with E-state index < -0.39 is 17.7 Å². The fourth-order valence-electron chi connectivity index (χ4n) is 1.82. The number of hydrogen-bond acceptors (Lipinski definition) is 3. The largest absolute Gasteiger partial charge is 0.497 e. The van der Waals surface area contributed by atoms with Gasteiger partial charge in [-0.25, -0.2) is 4.39 Å². The van der Waals surface area contributed by atoms with E-state index in [4.69, 9.17) is 15.2 Å². The number of nitrogens with two attached hydrogens (primary N) is 1. The van der Waals surface area contributed by atoms with Gasteiger partial charge in [0.15, 0.2) is 11.6 Å². The molecule has 0 heterocycles. The lowest BCUT2D eigenvalue weighted by Gasteiger charge is -2.18. The number of benzene rings is 2. The van der Waals surface area contributed by atoms with Crippen molar-refractivity contribution in [3.05, 3.63) is 59.7 Å². The molecule has 0 saturated heterocycles. The van der Waals surface area contributed by atoms with Crippen LogP contribution in [0.25, 0.3) is 0 Å². The van der Waals surface area contributed by atoms with E-state index in [1.54, 1.807) is 31.4 Å². The predicted molar refractivity (Wildman–Crippen MR) is 71.8 cm³/mol. The lowest BCUT2D eigenvalue weighted by molar-refractivity contribution is 0.201. The predicted octanol–water partition coefficient (Wildman–Crippen LogP) is 3.05. The van der Waals surface area contributed by atoms with E-state index in [0.717, 1.165) is 11.6 Å². The molecule has 2 aromatic rings. The molecular weight excluding hydrogens is 264 g/mol. The fourth-order valence-corrected chi connectivity index (χ4v) is 1.82. The van der Waals surface area contributed by atoms with Gasteiger partial charge in [0, 0.05) is 6.54 Å². The Labute approximate surface area is 115 Å². The summed E-state index contributed by atoms with van der Waals surface area (Å²) in [5.74, 6) is -1.50. The minimum Gasteiger partial charge on any atom is -0.497 e. The van der Waals surface area contributed by atoms with E-state index >= 15 is 0 Å². The van der Waals surface area contributed by atoms with Crippen LogP contribution < -0.4 is 15.2 Å². The van der Waals surface area contributed by atoms with Gasteiger partial charge in [-0.3, -0.25) is 0 Å². The first-order chi connectivity index (χ1) is 9.65. The molecular formula is C15H15F2NO2. The van der Waals surface area contributed by atoms with Crippen LogP contribution in [0.5, 0.6) is 11.5 Å². The summed E-state index contributed by atoms with van der Waals surface area (Å²) in [5, 5.41) is 0. The monoisotopic (exact) mass is 279 g/mol. The highest BCUT2D eigenvalue weighted by atomic mass is 19.2. The van der Waals surface area contributed by atoms with Crippen molar-refractivity contribution >= 4 is 0 Å². The van der Waals surface area contributed by atoms with Gasteiger partial charge < -0.3 is 15.2 Å². The number of halogens is 2. The Balaban J connectivity index is 2.26. The van der Waals surface area contributed by atoms with Crippen LogP contribution in [0.1, 0.15) is 11.7 Å². The molecule has 1 atom stereocenters. The molecule has 0 aromatic heterocycles. The summed E-state index contributed by atoms with van der Waals surface area (Å²) in [6, 6.07) is 10.9. The van der Waals surface area contributed by atoms with Crippen molar-refractivity contribution in [1.29, 1.82) is 0 Å². The summed E-state index contributed by atoms with van der Waals surface area (Å²) in [5.41, 5.74) is 6.38. The maximum Gasteiger partial charge on any atom is 0.200 e. The van der Waals surface area contributed by atoms with E-state index in [1.807, 2.05) is 0 Å². The first-order valence-electron chi connectivity index (χ1n) is 6.10. The van der Waals surface area contributed by atoms with E-state index in [1.165, 1.54) is 12.1 Å². The van der Waals surface area contributed by atoms with Crippen LogP contribution in [-0.2, 0) is 0 Å². The second-order valence-electron chi connectivity index (χ2n) is 4.17. The zero-order chi connectivity index (χ0) is 14.5. The van der Waals surface area contributed by atoms with Crippen LogP contribution in [0.2, 0.25) is 0 Å². The Bertz CT molecular complexity index is 590. The molecule has 0 aliphatic carbocycles. The number of rotatable bonds is 5. The number of ether oxygens (including phenoxy) is 2. The molecule has 2 N–H and O–H groups in total. The average molecular weight is 279 g/mol. The molecule has 0 aliphatic heterocycles. The molecule has 0 amide bonds. The average Bonchev–Trinajstić information content (AvgIpc) is 2.49. The molecule has 0 radical (unpaired) electrons. The summed E-state index contributed by atoms with van der Waals surface area (Å²) in [4.78, 5) is 0. The zero-order valence-corrected chi connectivity index (χ0v) is 11.0. The van der Waals surface area contributed by atoms with E-state index in [2.05, 4.69) is 0 Å². The fraction of sp³-hybridized carbons (Fsp3) is 0.200. The molecule has 2 aromatic carbocycles. The topological polar surface area (TPSA) is 44.5 Å². The molecule has 2 rings (SSSR count). The maximum atomic E-state index is 13.6. The summed E-state index contributed by atoms with van der Waals surface area (Å²) in [7, 11) is 1.55. The molecule has 0 fully saturated rings. The second-order valence-corrected chi connectivity index (χ2v) is 4.17. The van der Waals surface area contributed by atoms with E-state index in [9.17, 15) is 8.78 Å². The van der Waals surface area contributed by atoms with Gasteiger partial charge in [-0.15, -0.1) is 0 Å². The molecule has 20 heavy (non-hydrogen) atoms. The van der Waals surface area contributed by atoms with Gasteiger partial charge in [-0.05, 0) is 29.8 Å². The Kier molecular flexibility index (Phi) is 4.53. The van der Waals surface area contributed by atoms with Crippen LogP contribution >= 0.6 is 0 Å². The Hall–Kier alpha value is -2.14. The summed E-state index contributed by atoms with van der Waals surface area (Å²) in [6.07, 6.45) is -0.582. The van der Waals surface area contributed by atoms with E-state index in [0.29, 0.717) is 5.75 Å². The van der Waals surface area contributed by atoms with Gasteiger partial charge in [0.05, 0.1) is 7.11 Å². The SMILES string of the molecule is COc1cccc(C(CN)Oc2cccc(F)c2F)c1. The van der Waals surface area contributed by atoms with Crippen molar-refractivity contribution in [1.82, 2.24) is 0 Å². The summed E-state index contributed by atoms with van der Waals surface area (Å²) >= 11 is 0. The van der Waals surface area contributed by atoms with Crippen LogP contribution in [0.4, 0.5) is 8.78 Å². The highest BCUT2D eigenvalue weighted by Gasteiger charge is 2.16.